The number of aryl methyl sites for hydroxylation is 2. The normalized spacial score (nSPS) is 14.4. The van der Waals surface area contributed by atoms with Gasteiger partial charge in [0.25, 0.3) is 0 Å². The molecular formula is C20H20N6S. The van der Waals surface area contributed by atoms with Crippen LogP contribution in [-0.2, 0) is 13.0 Å². The molecule has 4 heterocycles. The molecule has 0 amide bonds. The van der Waals surface area contributed by atoms with E-state index in [1.807, 2.05) is 13.0 Å². The molecule has 136 valence electrons. The summed E-state index contributed by atoms with van der Waals surface area (Å²) in [6, 6.07) is 12.6. The second kappa shape index (κ2) is 6.42. The second-order valence-corrected chi connectivity index (χ2v) is 7.94. The lowest BCUT2D eigenvalue weighted by atomic mass is 10.2. The van der Waals surface area contributed by atoms with Crippen molar-refractivity contribution in [3.63, 3.8) is 0 Å². The van der Waals surface area contributed by atoms with E-state index in [0.29, 0.717) is 0 Å². The van der Waals surface area contributed by atoms with Crippen molar-refractivity contribution in [1.82, 2.24) is 24.7 Å². The van der Waals surface area contributed by atoms with Crippen LogP contribution in [0, 0.1) is 6.92 Å². The molecule has 0 saturated heterocycles. The smallest absolute Gasteiger partial charge is 0.155 e. The topological polar surface area (TPSA) is 68.5 Å². The van der Waals surface area contributed by atoms with Gasteiger partial charge in [0.05, 0.1) is 11.4 Å². The Labute approximate surface area is 161 Å². The molecule has 6 nitrogen and oxygen atoms in total. The van der Waals surface area contributed by atoms with Crippen LogP contribution < -0.4 is 5.32 Å². The first-order chi connectivity index (χ1) is 13.2. The Balaban J connectivity index is 1.53. The number of nitrogens with one attached hydrogen (secondary N) is 1. The number of benzene rings is 1. The predicted molar refractivity (Wildman–Crippen MR) is 108 cm³/mol. The van der Waals surface area contributed by atoms with Crippen LogP contribution in [0.2, 0.25) is 0 Å². The number of rotatable bonds is 4. The van der Waals surface area contributed by atoms with E-state index in [4.69, 9.17) is 0 Å². The van der Waals surface area contributed by atoms with Gasteiger partial charge < -0.3 is 9.88 Å². The maximum absolute atomic E-state index is 4.68. The fraction of sp³-hybridized carbons (Fsp3) is 0.300. The molecule has 1 aliphatic rings. The molecule has 5 rings (SSSR count). The molecule has 1 aromatic carbocycles. The summed E-state index contributed by atoms with van der Waals surface area (Å²) in [7, 11) is 0. The summed E-state index contributed by atoms with van der Waals surface area (Å²) in [5.41, 5.74) is 1.20. The van der Waals surface area contributed by atoms with Gasteiger partial charge in [0, 0.05) is 17.8 Å². The maximum Gasteiger partial charge on any atom is 0.155 e. The zero-order chi connectivity index (χ0) is 18.4. The minimum atomic E-state index is 0.0296. The highest BCUT2D eigenvalue weighted by Gasteiger charge is 2.22. The maximum atomic E-state index is 4.68. The third-order valence-electron chi connectivity index (χ3n) is 4.94. The van der Waals surface area contributed by atoms with E-state index in [0.717, 1.165) is 52.9 Å². The number of nitrogens with zero attached hydrogens (tertiary/aromatic N) is 5. The summed E-state index contributed by atoms with van der Waals surface area (Å²) in [5, 5.41) is 13.3. The molecule has 0 saturated carbocycles. The fourth-order valence-corrected chi connectivity index (χ4v) is 4.73. The molecule has 4 aromatic rings. The first-order valence-corrected chi connectivity index (χ1v) is 10.0. The Morgan fingerprint density at radius 1 is 1.15 bits per heavy atom. The van der Waals surface area contributed by atoms with Gasteiger partial charge in [-0.15, -0.1) is 21.5 Å². The lowest BCUT2D eigenvalue weighted by molar-refractivity contribution is 0.651. The highest BCUT2D eigenvalue weighted by atomic mass is 32.1. The van der Waals surface area contributed by atoms with Crippen molar-refractivity contribution < 1.29 is 0 Å². The molecule has 0 fully saturated rings. The van der Waals surface area contributed by atoms with Gasteiger partial charge in [0.1, 0.15) is 22.3 Å². The van der Waals surface area contributed by atoms with Crippen molar-refractivity contribution in [2.24, 2.45) is 0 Å². The molecule has 1 N–H and O–H groups in total. The van der Waals surface area contributed by atoms with Crippen LogP contribution in [0.3, 0.4) is 0 Å². The van der Waals surface area contributed by atoms with E-state index in [1.165, 1.54) is 10.4 Å². The minimum Gasteiger partial charge on any atom is -0.360 e. The van der Waals surface area contributed by atoms with Crippen molar-refractivity contribution in [2.75, 3.05) is 5.32 Å². The van der Waals surface area contributed by atoms with Crippen molar-refractivity contribution in [3.8, 4) is 10.4 Å². The van der Waals surface area contributed by atoms with Crippen molar-refractivity contribution in [2.45, 2.75) is 39.3 Å². The van der Waals surface area contributed by atoms with E-state index in [1.54, 1.807) is 11.3 Å². The minimum absolute atomic E-state index is 0.0296. The molecule has 27 heavy (non-hydrogen) atoms. The van der Waals surface area contributed by atoms with Crippen molar-refractivity contribution >= 4 is 27.4 Å². The van der Waals surface area contributed by atoms with Gasteiger partial charge in [0.15, 0.2) is 5.82 Å². The summed E-state index contributed by atoms with van der Waals surface area (Å²) in [6.45, 7) is 5.05. The van der Waals surface area contributed by atoms with Crippen LogP contribution in [0.4, 0.5) is 5.82 Å². The largest absolute Gasteiger partial charge is 0.360 e. The molecular weight excluding hydrogens is 356 g/mol. The highest BCUT2D eigenvalue weighted by Crippen LogP contribution is 2.36. The Morgan fingerprint density at radius 2 is 2.00 bits per heavy atom. The quantitative estimate of drug-likeness (QED) is 0.572. The first-order valence-electron chi connectivity index (χ1n) is 9.21. The molecule has 0 bridgehead atoms. The Kier molecular flexibility index (Phi) is 3.89. The molecule has 1 unspecified atom stereocenters. The SMILES string of the molecule is Cc1nc(NC(C)c2nnc3n2CCC3)c2cc(-c3ccccc3)sc2n1. The van der Waals surface area contributed by atoms with E-state index in [-0.39, 0.29) is 6.04 Å². The van der Waals surface area contributed by atoms with Crippen molar-refractivity contribution in [1.29, 1.82) is 0 Å². The molecule has 1 aliphatic heterocycles. The van der Waals surface area contributed by atoms with Gasteiger partial charge >= 0.3 is 0 Å². The number of fused-ring (bicyclic) bond motifs is 2. The summed E-state index contributed by atoms with van der Waals surface area (Å²) < 4.78 is 2.23. The van der Waals surface area contributed by atoms with Gasteiger partial charge in [-0.2, -0.15) is 0 Å². The van der Waals surface area contributed by atoms with Gasteiger partial charge in [-0.05, 0) is 31.9 Å². The second-order valence-electron chi connectivity index (χ2n) is 6.91. The molecule has 7 heteroatoms. The molecule has 0 aliphatic carbocycles. The van der Waals surface area contributed by atoms with Gasteiger partial charge in [0.2, 0.25) is 0 Å². The summed E-state index contributed by atoms with van der Waals surface area (Å²) in [5.74, 6) is 3.69. The zero-order valence-corrected chi connectivity index (χ0v) is 16.1. The molecule has 0 radical (unpaired) electrons. The third-order valence-corrected chi connectivity index (χ3v) is 6.02. The Hall–Kier alpha value is -2.80. The number of hydrogen-bond donors (Lipinski definition) is 1. The van der Waals surface area contributed by atoms with E-state index < -0.39 is 0 Å². The number of anilines is 1. The standard InChI is InChI=1S/C20H20N6S/c1-12(19-25-24-17-9-6-10-26(17)19)21-18-15-11-16(14-7-4-3-5-8-14)27-20(15)23-13(2)22-18/h3-5,7-8,11-12H,6,9-10H2,1-2H3,(H,21,22,23). The monoisotopic (exact) mass is 376 g/mol. The Bertz CT molecular complexity index is 1110. The van der Waals surface area contributed by atoms with E-state index in [9.17, 15) is 0 Å². The lowest BCUT2D eigenvalue weighted by Gasteiger charge is -2.15. The first kappa shape index (κ1) is 16.4. The van der Waals surface area contributed by atoms with E-state index >= 15 is 0 Å². The summed E-state index contributed by atoms with van der Waals surface area (Å²) in [6.07, 6.45) is 2.16. The fourth-order valence-electron chi connectivity index (χ4n) is 3.65. The average molecular weight is 376 g/mol. The van der Waals surface area contributed by atoms with Crippen LogP contribution in [0.5, 0.6) is 0 Å². The van der Waals surface area contributed by atoms with Crippen LogP contribution in [0.15, 0.2) is 36.4 Å². The van der Waals surface area contributed by atoms with Gasteiger partial charge in [-0.3, -0.25) is 0 Å². The van der Waals surface area contributed by atoms with Crippen molar-refractivity contribution in [3.05, 3.63) is 53.9 Å². The number of thiophene rings is 1. The van der Waals surface area contributed by atoms with Crippen LogP contribution in [0.1, 0.15) is 36.9 Å². The average Bonchev–Trinajstić information content (AvgIpc) is 3.37. The van der Waals surface area contributed by atoms with Gasteiger partial charge in [-0.25, -0.2) is 9.97 Å². The Morgan fingerprint density at radius 3 is 2.85 bits per heavy atom. The van der Waals surface area contributed by atoms with Crippen LogP contribution >= 0.6 is 11.3 Å². The third kappa shape index (κ3) is 2.88. The number of hydrogen-bond acceptors (Lipinski definition) is 6. The molecule has 3 aromatic heterocycles. The number of aromatic nitrogens is 5. The lowest BCUT2D eigenvalue weighted by Crippen LogP contribution is -2.14. The molecule has 1 atom stereocenters. The molecule has 0 spiro atoms. The van der Waals surface area contributed by atoms with E-state index in [2.05, 4.69) is 67.3 Å². The zero-order valence-electron chi connectivity index (χ0n) is 15.3. The summed E-state index contributed by atoms with van der Waals surface area (Å²) >= 11 is 1.70. The van der Waals surface area contributed by atoms with Gasteiger partial charge in [-0.1, -0.05) is 30.3 Å². The highest BCUT2D eigenvalue weighted by molar-refractivity contribution is 7.21. The summed E-state index contributed by atoms with van der Waals surface area (Å²) in [4.78, 5) is 11.5. The predicted octanol–water partition coefficient (Wildman–Crippen LogP) is 4.38. The van der Waals surface area contributed by atoms with Crippen LogP contribution in [-0.4, -0.2) is 24.7 Å². The van der Waals surface area contributed by atoms with Crippen LogP contribution in [0.25, 0.3) is 20.7 Å².